The molecule has 1 aromatic rings. The number of nitrogens with zero attached hydrogens (tertiary/aromatic N) is 1. The number of hydrogen-bond donors (Lipinski definition) is 1. The highest BCUT2D eigenvalue weighted by molar-refractivity contribution is 5.91. The second-order valence-electron chi connectivity index (χ2n) is 6.34. The van der Waals surface area contributed by atoms with Gasteiger partial charge in [0.05, 0.1) is 12.2 Å². The van der Waals surface area contributed by atoms with Gasteiger partial charge < -0.3 is 19.2 Å². The lowest BCUT2D eigenvalue weighted by Gasteiger charge is -2.56. The van der Waals surface area contributed by atoms with E-state index in [4.69, 9.17) is 9.15 Å². The molecule has 2 atom stereocenters. The summed E-state index contributed by atoms with van der Waals surface area (Å²) in [7, 11) is 0. The minimum atomic E-state index is -0.295. The lowest BCUT2D eigenvalue weighted by molar-refractivity contribution is -0.207. The van der Waals surface area contributed by atoms with Crippen LogP contribution < -0.4 is 0 Å². The van der Waals surface area contributed by atoms with Gasteiger partial charge in [0.25, 0.3) is 5.91 Å². The standard InChI is InChI=1S/C17H25NO4/c1-3-12-5-6-13(22-12)16(20)18-9-7-17(8-10-18)14(19)11-15(17)21-4-2/h5-6,14-15,19H,3-4,7-11H2,1-2H3/t14-,15-/m0/s1. The van der Waals surface area contributed by atoms with Crippen molar-refractivity contribution in [3.05, 3.63) is 23.7 Å². The van der Waals surface area contributed by atoms with E-state index in [1.807, 2.05) is 24.8 Å². The molecular weight excluding hydrogens is 282 g/mol. The molecule has 1 saturated carbocycles. The fourth-order valence-electron chi connectivity index (χ4n) is 3.78. The molecular formula is C17H25NO4. The van der Waals surface area contributed by atoms with Crippen LogP contribution in [0.15, 0.2) is 16.5 Å². The Hall–Kier alpha value is -1.33. The highest BCUT2D eigenvalue weighted by atomic mass is 16.5. The van der Waals surface area contributed by atoms with E-state index in [1.54, 1.807) is 6.07 Å². The Morgan fingerprint density at radius 3 is 2.68 bits per heavy atom. The van der Waals surface area contributed by atoms with Gasteiger partial charge in [-0.3, -0.25) is 4.79 Å². The van der Waals surface area contributed by atoms with Crippen LogP contribution in [0.5, 0.6) is 0 Å². The van der Waals surface area contributed by atoms with Crippen LogP contribution >= 0.6 is 0 Å². The fourth-order valence-corrected chi connectivity index (χ4v) is 3.78. The number of ether oxygens (including phenoxy) is 1. The maximum absolute atomic E-state index is 12.5. The quantitative estimate of drug-likeness (QED) is 0.926. The van der Waals surface area contributed by atoms with Gasteiger partial charge in [-0.05, 0) is 31.9 Å². The van der Waals surface area contributed by atoms with Crippen LogP contribution in [0.25, 0.3) is 0 Å². The van der Waals surface area contributed by atoms with Gasteiger partial charge >= 0.3 is 0 Å². The molecule has 2 fully saturated rings. The van der Waals surface area contributed by atoms with Gasteiger partial charge in [0.15, 0.2) is 5.76 Å². The van der Waals surface area contributed by atoms with E-state index < -0.39 is 0 Å². The first-order valence-corrected chi connectivity index (χ1v) is 8.28. The normalized spacial score (nSPS) is 27.0. The monoisotopic (exact) mass is 307 g/mol. The summed E-state index contributed by atoms with van der Waals surface area (Å²) in [6.45, 7) is 5.97. The average Bonchev–Trinajstić information content (AvgIpc) is 3.03. The Morgan fingerprint density at radius 2 is 2.14 bits per heavy atom. The second kappa shape index (κ2) is 6.05. The lowest BCUT2D eigenvalue weighted by Crippen LogP contribution is -2.62. The predicted octanol–water partition coefficient (Wildman–Crippen LogP) is 2.23. The molecule has 122 valence electrons. The number of likely N-dealkylation sites (tertiary alicyclic amines) is 1. The molecule has 1 aromatic heterocycles. The zero-order chi connectivity index (χ0) is 15.7. The Morgan fingerprint density at radius 1 is 1.41 bits per heavy atom. The number of furan rings is 1. The Bertz CT molecular complexity index is 529. The van der Waals surface area contributed by atoms with Gasteiger partial charge in [0.1, 0.15) is 5.76 Å². The predicted molar refractivity (Wildman–Crippen MR) is 81.7 cm³/mol. The van der Waals surface area contributed by atoms with Crippen molar-refractivity contribution in [2.45, 2.75) is 51.7 Å². The van der Waals surface area contributed by atoms with E-state index in [-0.39, 0.29) is 23.5 Å². The molecule has 2 aliphatic rings. The molecule has 1 amide bonds. The molecule has 0 bridgehead atoms. The van der Waals surface area contributed by atoms with Crippen molar-refractivity contribution in [2.24, 2.45) is 5.41 Å². The SMILES string of the molecule is CCO[C@H]1C[C@H](O)C12CCN(C(=O)c1ccc(CC)o1)CC2. The van der Waals surface area contributed by atoms with Crippen LogP contribution in [0, 0.1) is 5.41 Å². The molecule has 3 rings (SSSR count). The topological polar surface area (TPSA) is 62.9 Å². The molecule has 1 saturated heterocycles. The summed E-state index contributed by atoms with van der Waals surface area (Å²) >= 11 is 0. The average molecular weight is 307 g/mol. The van der Waals surface area contributed by atoms with Crippen molar-refractivity contribution in [1.82, 2.24) is 4.90 Å². The zero-order valence-electron chi connectivity index (χ0n) is 13.4. The molecule has 1 N–H and O–H groups in total. The molecule has 5 nitrogen and oxygen atoms in total. The summed E-state index contributed by atoms with van der Waals surface area (Å²) in [6, 6.07) is 3.62. The lowest BCUT2D eigenvalue weighted by atomic mass is 9.58. The smallest absolute Gasteiger partial charge is 0.289 e. The van der Waals surface area contributed by atoms with E-state index in [2.05, 4.69) is 0 Å². The third kappa shape index (κ3) is 2.46. The number of aliphatic hydroxyl groups is 1. The molecule has 1 spiro atoms. The summed E-state index contributed by atoms with van der Waals surface area (Å²) < 4.78 is 11.3. The third-order valence-corrected chi connectivity index (χ3v) is 5.31. The highest BCUT2D eigenvalue weighted by Crippen LogP contribution is 2.51. The van der Waals surface area contributed by atoms with Crippen molar-refractivity contribution in [2.75, 3.05) is 19.7 Å². The number of amides is 1. The maximum atomic E-state index is 12.5. The van der Waals surface area contributed by atoms with E-state index in [9.17, 15) is 9.90 Å². The minimum absolute atomic E-state index is 0.0451. The molecule has 2 heterocycles. The molecule has 5 heteroatoms. The number of hydrogen-bond acceptors (Lipinski definition) is 4. The first-order valence-electron chi connectivity index (χ1n) is 8.28. The molecule has 1 aliphatic carbocycles. The number of rotatable bonds is 4. The van der Waals surface area contributed by atoms with Crippen molar-refractivity contribution in [3.8, 4) is 0 Å². The van der Waals surface area contributed by atoms with Crippen LogP contribution in [-0.4, -0.2) is 47.8 Å². The van der Waals surface area contributed by atoms with Crippen LogP contribution in [0.2, 0.25) is 0 Å². The molecule has 0 radical (unpaired) electrons. The van der Waals surface area contributed by atoms with Crippen LogP contribution in [0.3, 0.4) is 0 Å². The first kappa shape index (κ1) is 15.6. The van der Waals surface area contributed by atoms with E-state index in [0.29, 0.717) is 25.5 Å². The third-order valence-electron chi connectivity index (χ3n) is 5.31. The van der Waals surface area contributed by atoms with Gasteiger partial charge in [0, 0.05) is 38.0 Å². The molecule has 1 aliphatic heterocycles. The zero-order valence-corrected chi connectivity index (χ0v) is 13.4. The fraction of sp³-hybridized carbons (Fsp3) is 0.706. The minimum Gasteiger partial charge on any atom is -0.456 e. The summed E-state index contributed by atoms with van der Waals surface area (Å²) in [5, 5.41) is 10.2. The van der Waals surface area contributed by atoms with Crippen LogP contribution in [0.1, 0.15) is 49.4 Å². The molecule has 22 heavy (non-hydrogen) atoms. The van der Waals surface area contributed by atoms with E-state index in [0.717, 1.165) is 31.4 Å². The molecule has 0 unspecified atom stereocenters. The van der Waals surface area contributed by atoms with Gasteiger partial charge in [-0.1, -0.05) is 6.92 Å². The maximum Gasteiger partial charge on any atom is 0.289 e. The van der Waals surface area contributed by atoms with Crippen molar-refractivity contribution >= 4 is 5.91 Å². The van der Waals surface area contributed by atoms with E-state index >= 15 is 0 Å². The van der Waals surface area contributed by atoms with Gasteiger partial charge in [0.2, 0.25) is 0 Å². The second-order valence-corrected chi connectivity index (χ2v) is 6.34. The summed E-state index contributed by atoms with van der Waals surface area (Å²) in [5.41, 5.74) is -0.148. The van der Waals surface area contributed by atoms with Crippen molar-refractivity contribution < 1.29 is 19.1 Å². The number of aliphatic hydroxyl groups excluding tert-OH is 1. The summed E-state index contributed by atoms with van der Waals surface area (Å²) in [4.78, 5) is 14.3. The Labute approximate surface area is 131 Å². The first-order chi connectivity index (χ1) is 10.6. The highest BCUT2D eigenvalue weighted by Gasteiger charge is 2.56. The largest absolute Gasteiger partial charge is 0.456 e. The molecule has 0 aromatic carbocycles. The van der Waals surface area contributed by atoms with Crippen LogP contribution in [-0.2, 0) is 11.2 Å². The van der Waals surface area contributed by atoms with Gasteiger partial charge in [-0.2, -0.15) is 0 Å². The number of carbonyl (C=O) groups excluding carboxylic acids is 1. The van der Waals surface area contributed by atoms with Gasteiger partial charge in [-0.15, -0.1) is 0 Å². The number of aryl methyl sites for hydroxylation is 1. The van der Waals surface area contributed by atoms with Crippen molar-refractivity contribution in [1.29, 1.82) is 0 Å². The number of piperidine rings is 1. The van der Waals surface area contributed by atoms with Gasteiger partial charge in [-0.25, -0.2) is 0 Å². The Kier molecular flexibility index (Phi) is 4.28. The Balaban J connectivity index is 1.62. The summed E-state index contributed by atoms with van der Waals surface area (Å²) in [6.07, 6.45) is 2.95. The van der Waals surface area contributed by atoms with E-state index in [1.165, 1.54) is 0 Å². The van der Waals surface area contributed by atoms with Crippen molar-refractivity contribution in [3.63, 3.8) is 0 Å². The number of carbonyl (C=O) groups is 1. The summed E-state index contributed by atoms with van der Waals surface area (Å²) in [5.74, 6) is 1.21. The van der Waals surface area contributed by atoms with Crippen LogP contribution in [0.4, 0.5) is 0 Å².